The van der Waals surface area contributed by atoms with Gasteiger partial charge in [-0.2, -0.15) is 12.7 Å². The molecule has 0 aromatic heterocycles. The molecule has 10 heteroatoms. The van der Waals surface area contributed by atoms with Crippen LogP contribution in [0.5, 0.6) is 0 Å². The van der Waals surface area contributed by atoms with Gasteiger partial charge in [-0.3, -0.25) is 4.79 Å². The van der Waals surface area contributed by atoms with Gasteiger partial charge in [-0.25, -0.2) is 13.1 Å². The van der Waals surface area contributed by atoms with Crippen LogP contribution in [0.1, 0.15) is 12.8 Å². The first kappa shape index (κ1) is 17.3. The monoisotopic (exact) mass is 328 g/mol. The summed E-state index contributed by atoms with van der Waals surface area (Å²) in [4.78, 5) is 11.0. The molecule has 8 nitrogen and oxygen atoms in total. The van der Waals surface area contributed by atoms with Gasteiger partial charge in [0.2, 0.25) is 0 Å². The molecule has 1 fully saturated rings. The standard InChI is InChI=1S/C10H20N2O6S2/c1-12(5-3-10(13)18-2)20(16,17)11-7-9-4-6-19(14,15)8-9/h9,11H,3-8H2,1-2H3. The summed E-state index contributed by atoms with van der Waals surface area (Å²) in [6.07, 6.45) is 0.433. The molecule has 1 atom stereocenters. The normalized spacial score (nSPS) is 22.1. The topological polar surface area (TPSA) is 110 Å². The number of rotatable bonds is 7. The highest BCUT2D eigenvalue weighted by Gasteiger charge is 2.29. The Hall–Kier alpha value is -0.710. The van der Waals surface area contributed by atoms with E-state index in [4.69, 9.17) is 0 Å². The van der Waals surface area contributed by atoms with Crippen LogP contribution in [-0.4, -0.2) is 65.9 Å². The fourth-order valence-electron chi connectivity index (χ4n) is 1.84. The minimum absolute atomic E-state index is 0.00493. The van der Waals surface area contributed by atoms with Gasteiger partial charge < -0.3 is 4.74 Å². The van der Waals surface area contributed by atoms with Crippen molar-refractivity contribution in [1.82, 2.24) is 9.03 Å². The molecule has 1 rings (SSSR count). The number of methoxy groups -OCH3 is 1. The van der Waals surface area contributed by atoms with Crippen molar-refractivity contribution < 1.29 is 26.4 Å². The molecule has 1 saturated heterocycles. The van der Waals surface area contributed by atoms with E-state index in [-0.39, 0.29) is 36.9 Å². The van der Waals surface area contributed by atoms with Crippen molar-refractivity contribution in [3.63, 3.8) is 0 Å². The molecule has 0 spiro atoms. The quantitative estimate of drug-likeness (QED) is 0.585. The number of carbonyl (C=O) groups excluding carboxylic acids is 1. The molecule has 0 aromatic carbocycles. The number of sulfone groups is 1. The van der Waals surface area contributed by atoms with Crippen LogP contribution in [0.3, 0.4) is 0 Å². The number of hydrogen-bond donors (Lipinski definition) is 1. The van der Waals surface area contributed by atoms with Crippen LogP contribution < -0.4 is 4.72 Å². The fraction of sp³-hybridized carbons (Fsp3) is 0.900. The summed E-state index contributed by atoms with van der Waals surface area (Å²) >= 11 is 0. The first-order chi connectivity index (χ1) is 9.16. The van der Waals surface area contributed by atoms with E-state index < -0.39 is 26.0 Å². The lowest BCUT2D eigenvalue weighted by Crippen LogP contribution is -2.41. The van der Waals surface area contributed by atoms with E-state index in [0.717, 1.165) is 4.31 Å². The highest BCUT2D eigenvalue weighted by molar-refractivity contribution is 7.91. The van der Waals surface area contributed by atoms with Gasteiger partial charge in [0.25, 0.3) is 10.2 Å². The van der Waals surface area contributed by atoms with Crippen LogP contribution in [-0.2, 0) is 29.6 Å². The van der Waals surface area contributed by atoms with E-state index in [9.17, 15) is 21.6 Å². The molecular formula is C10H20N2O6S2. The molecule has 0 radical (unpaired) electrons. The number of carbonyl (C=O) groups is 1. The lowest BCUT2D eigenvalue weighted by atomic mass is 10.1. The van der Waals surface area contributed by atoms with Crippen molar-refractivity contribution in [2.75, 3.05) is 38.8 Å². The zero-order valence-electron chi connectivity index (χ0n) is 11.5. The molecule has 1 unspecified atom stereocenters. The van der Waals surface area contributed by atoms with Gasteiger partial charge in [-0.15, -0.1) is 0 Å². The van der Waals surface area contributed by atoms with E-state index >= 15 is 0 Å². The highest BCUT2D eigenvalue weighted by atomic mass is 32.2. The lowest BCUT2D eigenvalue weighted by Gasteiger charge is -2.18. The Morgan fingerprint density at radius 3 is 2.60 bits per heavy atom. The summed E-state index contributed by atoms with van der Waals surface area (Å²) < 4.78 is 54.1. The van der Waals surface area contributed by atoms with Crippen molar-refractivity contribution >= 4 is 26.0 Å². The molecule has 1 aliphatic rings. The summed E-state index contributed by atoms with van der Waals surface area (Å²) in [5, 5.41) is 0. The maximum atomic E-state index is 11.9. The van der Waals surface area contributed by atoms with Gasteiger partial charge in [0.05, 0.1) is 25.0 Å². The SMILES string of the molecule is COC(=O)CCN(C)S(=O)(=O)NCC1CCS(=O)(=O)C1. The first-order valence-corrected chi connectivity index (χ1v) is 9.40. The highest BCUT2D eigenvalue weighted by Crippen LogP contribution is 2.17. The number of esters is 1. The number of nitrogens with one attached hydrogen (secondary N) is 1. The molecule has 1 aliphatic heterocycles. The molecule has 1 heterocycles. The van der Waals surface area contributed by atoms with Gasteiger partial charge in [0.1, 0.15) is 0 Å². The van der Waals surface area contributed by atoms with Crippen LogP contribution in [0.4, 0.5) is 0 Å². The maximum Gasteiger partial charge on any atom is 0.306 e. The minimum atomic E-state index is -3.71. The van der Waals surface area contributed by atoms with Crippen LogP contribution >= 0.6 is 0 Å². The van der Waals surface area contributed by atoms with Gasteiger partial charge in [0.15, 0.2) is 9.84 Å². The van der Waals surface area contributed by atoms with E-state index in [1.807, 2.05) is 0 Å². The van der Waals surface area contributed by atoms with Crippen LogP contribution in [0.25, 0.3) is 0 Å². The zero-order chi connectivity index (χ0) is 15.4. The van der Waals surface area contributed by atoms with Gasteiger partial charge in [-0.1, -0.05) is 0 Å². The van der Waals surface area contributed by atoms with Gasteiger partial charge >= 0.3 is 5.97 Å². The molecule has 0 amide bonds. The number of ether oxygens (including phenoxy) is 1. The smallest absolute Gasteiger partial charge is 0.306 e. The molecule has 0 saturated carbocycles. The fourth-order valence-corrected chi connectivity index (χ4v) is 4.70. The maximum absolute atomic E-state index is 11.9. The van der Waals surface area contributed by atoms with Crippen molar-refractivity contribution in [2.45, 2.75) is 12.8 Å². The summed E-state index contributed by atoms with van der Waals surface area (Å²) in [5.41, 5.74) is 0. The Labute approximate surface area is 119 Å². The summed E-state index contributed by atoms with van der Waals surface area (Å²) in [7, 11) is -4.15. The summed E-state index contributed by atoms with van der Waals surface area (Å²) in [6, 6.07) is 0. The largest absolute Gasteiger partial charge is 0.469 e. The van der Waals surface area contributed by atoms with Crippen LogP contribution in [0.15, 0.2) is 0 Å². The average Bonchev–Trinajstić information content (AvgIpc) is 2.72. The third-order valence-electron chi connectivity index (χ3n) is 3.15. The van der Waals surface area contributed by atoms with E-state index in [1.54, 1.807) is 0 Å². The van der Waals surface area contributed by atoms with Crippen molar-refractivity contribution in [3.8, 4) is 0 Å². The predicted molar refractivity (Wildman–Crippen MR) is 72.9 cm³/mol. The van der Waals surface area contributed by atoms with Crippen molar-refractivity contribution in [1.29, 1.82) is 0 Å². The minimum Gasteiger partial charge on any atom is -0.469 e. The zero-order valence-corrected chi connectivity index (χ0v) is 13.2. The molecular weight excluding hydrogens is 308 g/mol. The summed E-state index contributed by atoms with van der Waals surface area (Å²) in [5.74, 6) is -0.559. The van der Waals surface area contributed by atoms with Crippen molar-refractivity contribution in [3.05, 3.63) is 0 Å². The van der Waals surface area contributed by atoms with Crippen LogP contribution in [0.2, 0.25) is 0 Å². The molecule has 0 aromatic rings. The molecule has 1 N–H and O–H groups in total. The third-order valence-corrected chi connectivity index (χ3v) is 6.52. The average molecular weight is 328 g/mol. The number of hydrogen-bond acceptors (Lipinski definition) is 6. The Bertz CT molecular complexity index is 542. The van der Waals surface area contributed by atoms with E-state index in [1.165, 1.54) is 14.2 Å². The first-order valence-electron chi connectivity index (χ1n) is 6.14. The molecule has 0 bridgehead atoms. The van der Waals surface area contributed by atoms with E-state index in [0.29, 0.717) is 6.42 Å². The molecule has 20 heavy (non-hydrogen) atoms. The Kier molecular flexibility index (Phi) is 5.92. The Balaban J connectivity index is 2.43. The second kappa shape index (κ2) is 6.83. The second-order valence-electron chi connectivity index (χ2n) is 4.77. The van der Waals surface area contributed by atoms with Crippen molar-refractivity contribution in [2.24, 2.45) is 5.92 Å². The number of nitrogens with zero attached hydrogens (tertiary/aromatic N) is 1. The van der Waals surface area contributed by atoms with E-state index in [2.05, 4.69) is 9.46 Å². The summed E-state index contributed by atoms with van der Waals surface area (Å²) in [6.45, 7) is 0.0924. The lowest BCUT2D eigenvalue weighted by molar-refractivity contribution is -0.140. The Morgan fingerprint density at radius 2 is 2.10 bits per heavy atom. The van der Waals surface area contributed by atoms with Crippen LogP contribution in [0, 0.1) is 5.92 Å². The molecule has 118 valence electrons. The van der Waals surface area contributed by atoms with Gasteiger partial charge in [0, 0.05) is 20.1 Å². The van der Waals surface area contributed by atoms with Gasteiger partial charge in [-0.05, 0) is 12.3 Å². The second-order valence-corrected chi connectivity index (χ2v) is 8.86. The predicted octanol–water partition coefficient (Wildman–Crippen LogP) is -1.25. The third kappa shape index (κ3) is 5.35. The Morgan fingerprint density at radius 1 is 1.45 bits per heavy atom. The molecule has 0 aliphatic carbocycles.